The van der Waals surface area contributed by atoms with Gasteiger partial charge in [-0.3, -0.25) is 0 Å². The number of anilines is 1. The molecule has 16 heavy (non-hydrogen) atoms. The summed E-state index contributed by atoms with van der Waals surface area (Å²) in [6.45, 7) is 3.70. The Morgan fingerprint density at radius 2 is 2.56 bits per heavy atom. The molecule has 0 spiro atoms. The second kappa shape index (κ2) is 4.90. The molecule has 5 nitrogen and oxygen atoms in total. The van der Waals surface area contributed by atoms with Crippen LogP contribution in [-0.2, 0) is 4.74 Å². The van der Waals surface area contributed by atoms with Gasteiger partial charge < -0.3 is 10.1 Å². The van der Waals surface area contributed by atoms with Crippen molar-refractivity contribution >= 4 is 5.95 Å². The molecule has 1 fully saturated rings. The van der Waals surface area contributed by atoms with Crippen LogP contribution in [0.3, 0.4) is 0 Å². The van der Waals surface area contributed by atoms with Gasteiger partial charge in [0, 0.05) is 24.8 Å². The SMILES string of the molecule is CC(Nc1nccc(C#N)n1)C1CCOC1. The highest BCUT2D eigenvalue weighted by Crippen LogP contribution is 2.18. The highest BCUT2D eigenvalue weighted by molar-refractivity contribution is 5.31. The van der Waals surface area contributed by atoms with Crippen molar-refractivity contribution in [3.8, 4) is 6.07 Å². The van der Waals surface area contributed by atoms with Crippen LogP contribution in [0.2, 0.25) is 0 Å². The highest BCUT2D eigenvalue weighted by Gasteiger charge is 2.22. The standard InChI is InChI=1S/C11H14N4O/c1-8(9-3-5-16-7-9)14-11-13-4-2-10(6-12)15-11/h2,4,8-9H,3,5,7H2,1H3,(H,13,14,15). The predicted octanol–water partition coefficient (Wildman–Crippen LogP) is 1.19. The second-order valence-corrected chi connectivity index (χ2v) is 3.93. The fourth-order valence-corrected chi connectivity index (χ4v) is 1.76. The molecule has 0 amide bonds. The summed E-state index contributed by atoms with van der Waals surface area (Å²) >= 11 is 0. The number of hydrogen-bond donors (Lipinski definition) is 1. The van der Waals surface area contributed by atoms with E-state index in [0.717, 1.165) is 19.6 Å². The van der Waals surface area contributed by atoms with Gasteiger partial charge in [0.05, 0.1) is 6.61 Å². The largest absolute Gasteiger partial charge is 0.381 e. The maximum absolute atomic E-state index is 8.72. The summed E-state index contributed by atoms with van der Waals surface area (Å²) in [5, 5.41) is 11.9. The minimum Gasteiger partial charge on any atom is -0.381 e. The van der Waals surface area contributed by atoms with Gasteiger partial charge >= 0.3 is 0 Å². The topological polar surface area (TPSA) is 70.8 Å². The minimum absolute atomic E-state index is 0.261. The molecule has 1 saturated heterocycles. The maximum Gasteiger partial charge on any atom is 0.224 e. The van der Waals surface area contributed by atoms with Gasteiger partial charge in [-0.2, -0.15) is 5.26 Å². The molecule has 0 aromatic carbocycles. The summed E-state index contributed by atoms with van der Waals surface area (Å²) in [5.74, 6) is 1.01. The summed E-state index contributed by atoms with van der Waals surface area (Å²) in [4.78, 5) is 8.16. The Balaban J connectivity index is 2.00. The molecule has 1 aliphatic heterocycles. The van der Waals surface area contributed by atoms with Gasteiger partial charge in [0.2, 0.25) is 5.95 Å². The summed E-state index contributed by atoms with van der Waals surface area (Å²) in [5.41, 5.74) is 0.382. The Bertz CT molecular complexity index is 395. The minimum atomic E-state index is 0.261. The number of nitrogens with zero attached hydrogens (tertiary/aromatic N) is 3. The number of nitriles is 1. The fourth-order valence-electron chi connectivity index (χ4n) is 1.76. The molecule has 2 unspecified atom stereocenters. The molecule has 1 aromatic rings. The molecule has 5 heteroatoms. The molecular formula is C11H14N4O. The lowest BCUT2D eigenvalue weighted by Crippen LogP contribution is -2.27. The Kier molecular flexibility index (Phi) is 3.32. The van der Waals surface area contributed by atoms with E-state index < -0.39 is 0 Å². The first kappa shape index (κ1) is 10.8. The van der Waals surface area contributed by atoms with E-state index in [2.05, 4.69) is 22.2 Å². The first-order valence-electron chi connectivity index (χ1n) is 5.37. The Morgan fingerprint density at radius 3 is 3.25 bits per heavy atom. The van der Waals surface area contributed by atoms with Crippen molar-refractivity contribution in [3.63, 3.8) is 0 Å². The maximum atomic E-state index is 8.72. The molecule has 0 bridgehead atoms. The van der Waals surface area contributed by atoms with Gasteiger partial charge in [-0.15, -0.1) is 0 Å². The van der Waals surface area contributed by atoms with E-state index in [9.17, 15) is 0 Å². The van der Waals surface area contributed by atoms with Crippen LogP contribution < -0.4 is 5.32 Å². The van der Waals surface area contributed by atoms with Gasteiger partial charge in [-0.25, -0.2) is 9.97 Å². The number of hydrogen-bond acceptors (Lipinski definition) is 5. The van der Waals surface area contributed by atoms with E-state index >= 15 is 0 Å². The summed E-state index contributed by atoms with van der Waals surface area (Å²) < 4.78 is 5.33. The Hall–Kier alpha value is -1.67. The lowest BCUT2D eigenvalue weighted by molar-refractivity contribution is 0.183. The van der Waals surface area contributed by atoms with Crippen molar-refractivity contribution in [2.45, 2.75) is 19.4 Å². The molecule has 1 aromatic heterocycles. The van der Waals surface area contributed by atoms with E-state index in [1.165, 1.54) is 0 Å². The first-order chi connectivity index (χ1) is 7.79. The first-order valence-corrected chi connectivity index (χ1v) is 5.37. The molecule has 2 atom stereocenters. The van der Waals surface area contributed by atoms with E-state index in [1.54, 1.807) is 12.3 Å². The summed E-state index contributed by atoms with van der Waals surface area (Å²) in [6, 6.07) is 3.85. The monoisotopic (exact) mass is 218 g/mol. The van der Waals surface area contributed by atoms with Gasteiger partial charge in [-0.1, -0.05) is 0 Å². The fraction of sp³-hybridized carbons (Fsp3) is 0.545. The molecule has 84 valence electrons. The number of ether oxygens (including phenoxy) is 1. The van der Waals surface area contributed by atoms with Crippen LogP contribution in [0.1, 0.15) is 19.0 Å². The van der Waals surface area contributed by atoms with Gasteiger partial charge in [0.25, 0.3) is 0 Å². The highest BCUT2D eigenvalue weighted by atomic mass is 16.5. The average molecular weight is 218 g/mol. The molecule has 2 heterocycles. The lowest BCUT2D eigenvalue weighted by Gasteiger charge is -2.18. The van der Waals surface area contributed by atoms with Crippen molar-refractivity contribution in [3.05, 3.63) is 18.0 Å². The third kappa shape index (κ3) is 2.47. The quantitative estimate of drug-likeness (QED) is 0.825. The van der Waals surface area contributed by atoms with Crippen LogP contribution in [0.15, 0.2) is 12.3 Å². The molecule has 2 rings (SSSR count). The van der Waals surface area contributed by atoms with Crippen LogP contribution >= 0.6 is 0 Å². The van der Waals surface area contributed by atoms with Gasteiger partial charge in [0.1, 0.15) is 11.8 Å². The van der Waals surface area contributed by atoms with E-state index in [-0.39, 0.29) is 6.04 Å². The van der Waals surface area contributed by atoms with Gasteiger partial charge in [-0.05, 0) is 19.4 Å². The number of nitrogens with one attached hydrogen (secondary N) is 1. The zero-order valence-corrected chi connectivity index (χ0v) is 9.18. The molecular weight excluding hydrogens is 204 g/mol. The molecule has 0 saturated carbocycles. The summed E-state index contributed by atoms with van der Waals surface area (Å²) in [6.07, 6.45) is 2.65. The van der Waals surface area contributed by atoms with Crippen LogP contribution in [0.25, 0.3) is 0 Å². The van der Waals surface area contributed by atoms with Crippen LogP contribution in [0.4, 0.5) is 5.95 Å². The number of rotatable bonds is 3. The third-order valence-electron chi connectivity index (χ3n) is 2.80. The third-order valence-corrected chi connectivity index (χ3v) is 2.80. The van der Waals surface area contributed by atoms with E-state index in [0.29, 0.717) is 17.6 Å². The van der Waals surface area contributed by atoms with Crippen LogP contribution in [-0.4, -0.2) is 29.2 Å². The molecule has 1 aliphatic rings. The van der Waals surface area contributed by atoms with Crippen LogP contribution in [0.5, 0.6) is 0 Å². The smallest absolute Gasteiger partial charge is 0.224 e. The van der Waals surface area contributed by atoms with E-state index in [1.807, 2.05) is 6.07 Å². The van der Waals surface area contributed by atoms with Crippen molar-refractivity contribution in [2.24, 2.45) is 5.92 Å². The molecule has 0 aliphatic carbocycles. The summed E-state index contributed by atoms with van der Waals surface area (Å²) in [7, 11) is 0. The van der Waals surface area contributed by atoms with Crippen LogP contribution in [0, 0.1) is 17.2 Å². The second-order valence-electron chi connectivity index (χ2n) is 3.93. The molecule has 0 radical (unpaired) electrons. The lowest BCUT2D eigenvalue weighted by atomic mass is 10.0. The van der Waals surface area contributed by atoms with E-state index in [4.69, 9.17) is 10.00 Å². The Morgan fingerprint density at radius 1 is 1.69 bits per heavy atom. The number of aromatic nitrogens is 2. The van der Waals surface area contributed by atoms with Gasteiger partial charge in [0.15, 0.2) is 0 Å². The average Bonchev–Trinajstić information content (AvgIpc) is 2.83. The normalized spacial score (nSPS) is 21.4. The predicted molar refractivity (Wildman–Crippen MR) is 58.8 cm³/mol. The zero-order chi connectivity index (χ0) is 11.4. The van der Waals surface area contributed by atoms with Crippen molar-refractivity contribution < 1.29 is 4.74 Å². The molecule has 1 N–H and O–H groups in total. The Labute approximate surface area is 94.5 Å². The van der Waals surface area contributed by atoms with Crippen molar-refractivity contribution in [2.75, 3.05) is 18.5 Å². The van der Waals surface area contributed by atoms with Crippen molar-refractivity contribution in [1.29, 1.82) is 5.26 Å². The zero-order valence-electron chi connectivity index (χ0n) is 9.18. The van der Waals surface area contributed by atoms with Crippen molar-refractivity contribution in [1.82, 2.24) is 9.97 Å².